The zero-order chi connectivity index (χ0) is 17.8. The summed E-state index contributed by atoms with van der Waals surface area (Å²) in [5.41, 5.74) is 2.12. The Hall–Kier alpha value is -2.72. The first kappa shape index (κ1) is 17.1. The van der Waals surface area contributed by atoms with E-state index in [0.29, 0.717) is 10.6 Å². The Bertz CT molecular complexity index is 868. The highest BCUT2D eigenvalue weighted by atomic mass is 35.5. The largest absolute Gasteiger partial charge is 0.331 e. The molecule has 0 fully saturated rings. The molecule has 1 atom stereocenters. The van der Waals surface area contributed by atoms with E-state index in [0.717, 1.165) is 11.1 Å². The number of carbonyl (C=O) groups excluding carboxylic acids is 1. The average Bonchev–Trinajstić information content (AvgIpc) is 2.64. The van der Waals surface area contributed by atoms with Crippen LogP contribution < -0.4 is 0 Å². The Kier molecular flexibility index (Phi) is 5.10. The topological polar surface area (TPSA) is 33.2 Å². The predicted molar refractivity (Wildman–Crippen MR) is 96.0 cm³/mol. The molecule has 0 aliphatic heterocycles. The molecule has 0 bridgehead atoms. The fourth-order valence-corrected chi connectivity index (χ4v) is 2.98. The van der Waals surface area contributed by atoms with Crippen LogP contribution in [0.3, 0.4) is 0 Å². The maximum Gasteiger partial charge on any atom is 0.256 e. The summed E-state index contributed by atoms with van der Waals surface area (Å²) in [6, 6.07) is 17.0. The summed E-state index contributed by atoms with van der Waals surface area (Å²) in [6.45, 7) is 0. The Morgan fingerprint density at radius 3 is 2.32 bits per heavy atom. The molecular formula is C20H16ClFN2O. The van der Waals surface area contributed by atoms with Gasteiger partial charge in [-0.05, 0) is 29.3 Å². The SMILES string of the molecule is CN(C(=O)c1ccncc1Cl)[C@H](c1ccccc1)c1ccc(F)cc1. The van der Waals surface area contributed by atoms with Crippen LogP contribution >= 0.6 is 11.6 Å². The van der Waals surface area contributed by atoms with Crippen LogP contribution in [0.4, 0.5) is 4.39 Å². The second-order valence-electron chi connectivity index (χ2n) is 5.64. The first-order valence-electron chi connectivity index (χ1n) is 7.75. The van der Waals surface area contributed by atoms with Crippen molar-refractivity contribution in [3.05, 3.63) is 101 Å². The van der Waals surface area contributed by atoms with Gasteiger partial charge >= 0.3 is 0 Å². The normalized spacial score (nSPS) is 11.8. The number of amides is 1. The Balaban J connectivity index is 2.03. The van der Waals surface area contributed by atoms with Crippen molar-refractivity contribution in [1.29, 1.82) is 0 Å². The number of hydrogen-bond donors (Lipinski definition) is 0. The van der Waals surface area contributed by atoms with E-state index >= 15 is 0 Å². The third-order valence-corrected chi connectivity index (χ3v) is 4.31. The van der Waals surface area contributed by atoms with Crippen molar-refractivity contribution in [3.8, 4) is 0 Å². The number of halogens is 2. The number of carbonyl (C=O) groups is 1. The van der Waals surface area contributed by atoms with Gasteiger partial charge in [-0.1, -0.05) is 54.1 Å². The number of hydrogen-bond acceptors (Lipinski definition) is 2. The van der Waals surface area contributed by atoms with Crippen LogP contribution in [0.15, 0.2) is 73.1 Å². The summed E-state index contributed by atoms with van der Waals surface area (Å²) in [4.78, 5) is 18.5. The number of aromatic nitrogens is 1. The van der Waals surface area contributed by atoms with E-state index in [-0.39, 0.29) is 17.8 Å². The van der Waals surface area contributed by atoms with Gasteiger partial charge in [-0.2, -0.15) is 0 Å². The van der Waals surface area contributed by atoms with Crippen molar-refractivity contribution in [2.24, 2.45) is 0 Å². The van der Waals surface area contributed by atoms with E-state index in [4.69, 9.17) is 11.6 Å². The zero-order valence-corrected chi connectivity index (χ0v) is 14.3. The third-order valence-electron chi connectivity index (χ3n) is 4.01. The van der Waals surface area contributed by atoms with E-state index in [1.54, 1.807) is 30.1 Å². The lowest BCUT2D eigenvalue weighted by molar-refractivity contribution is 0.0755. The number of pyridine rings is 1. The minimum atomic E-state index is -0.362. The Morgan fingerprint density at radius 1 is 1.04 bits per heavy atom. The molecule has 126 valence electrons. The predicted octanol–water partition coefficient (Wildman–Crippen LogP) is 4.74. The minimum Gasteiger partial charge on any atom is -0.331 e. The molecule has 1 amide bonds. The fraction of sp³-hybridized carbons (Fsp3) is 0.100. The summed E-state index contributed by atoms with van der Waals surface area (Å²) >= 11 is 6.12. The molecular weight excluding hydrogens is 339 g/mol. The number of nitrogens with zero attached hydrogens (tertiary/aromatic N) is 2. The van der Waals surface area contributed by atoms with Crippen LogP contribution in [0.5, 0.6) is 0 Å². The maximum absolute atomic E-state index is 13.3. The van der Waals surface area contributed by atoms with Crippen molar-refractivity contribution in [2.45, 2.75) is 6.04 Å². The highest BCUT2D eigenvalue weighted by molar-refractivity contribution is 6.33. The van der Waals surface area contributed by atoms with E-state index in [2.05, 4.69) is 4.98 Å². The quantitative estimate of drug-likeness (QED) is 0.678. The van der Waals surface area contributed by atoms with Crippen molar-refractivity contribution < 1.29 is 9.18 Å². The molecule has 3 rings (SSSR count). The van der Waals surface area contributed by atoms with Gasteiger partial charge < -0.3 is 4.90 Å². The summed E-state index contributed by atoms with van der Waals surface area (Å²) in [5.74, 6) is -0.549. The van der Waals surface area contributed by atoms with Crippen molar-refractivity contribution in [2.75, 3.05) is 7.05 Å². The lowest BCUT2D eigenvalue weighted by atomic mass is 9.97. The Labute approximate surface area is 150 Å². The smallest absolute Gasteiger partial charge is 0.256 e. The van der Waals surface area contributed by atoms with Crippen LogP contribution in [0.25, 0.3) is 0 Å². The van der Waals surface area contributed by atoms with Crippen LogP contribution in [0, 0.1) is 5.82 Å². The first-order valence-corrected chi connectivity index (χ1v) is 8.13. The molecule has 0 aliphatic carbocycles. The maximum atomic E-state index is 13.3. The van der Waals surface area contributed by atoms with Crippen LogP contribution in [-0.2, 0) is 0 Å². The van der Waals surface area contributed by atoms with Gasteiger partial charge in [0.15, 0.2) is 0 Å². The van der Waals surface area contributed by atoms with Crippen LogP contribution in [0.2, 0.25) is 5.02 Å². The molecule has 25 heavy (non-hydrogen) atoms. The molecule has 0 aliphatic rings. The van der Waals surface area contributed by atoms with Gasteiger partial charge in [0.25, 0.3) is 5.91 Å². The molecule has 0 spiro atoms. The van der Waals surface area contributed by atoms with E-state index in [1.165, 1.54) is 24.5 Å². The molecule has 0 N–H and O–H groups in total. The summed E-state index contributed by atoms with van der Waals surface area (Å²) in [5, 5.41) is 0.297. The van der Waals surface area contributed by atoms with Crippen molar-refractivity contribution >= 4 is 17.5 Å². The monoisotopic (exact) mass is 354 g/mol. The Morgan fingerprint density at radius 2 is 1.68 bits per heavy atom. The number of rotatable bonds is 4. The van der Waals surface area contributed by atoms with Crippen molar-refractivity contribution in [3.63, 3.8) is 0 Å². The molecule has 1 heterocycles. The van der Waals surface area contributed by atoms with Crippen molar-refractivity contribution in [1.82, 2.24) is 9.88 Å². The summed E-state index contributed by atoms with van der Waals surface area (Å²) in [7, 11) is 1.71. The molecule has 0 radical (unpaired) electrons. The van der Waals surface area contributed by atoms with Gasteiger partial charge in [-0.15, -0.1) is 0 Å². The molecule has 3 aromatic rings. The van der Waals surface area contributed by atoms with Gasteiger partial charge in [0.2, 0.25) is 0 Å². The molecule has 0 saturated heterocycles. The molecule has 3 nitrogen and oxygen atoms in total. The summed E-state index contributed by atoms with van der Waals surface area (Å²) in [6.07, 6.45) is 2.97. The number of benzene rings is 2. The van der Waals surface area contributed by atoms with E-state index in [1.807, 2.05) is 30.3 Å². The van der Waals surface area contributed by atoms with Crippen LogP contribution in [0.1, 0.15) is 27.5 Å². The molecule has 0 saturated carbocycles. The minimum absolute atomic E-state index is 0.231. The second-order valence-corrected chi connectivity index (χ2v) is 6.04. The average molecular weight is 355 g/mol. The molecule has 2 aromatic carbocycles. The standard InChI is InChI=1S/C20H16ClFN2O/c1-24(20(25)17-11-12-23-13-18(17)21)19(14-5-3-2-4-6-14)15-7-9-16(22)10-8-15/h2-13,19H,1H3/t19-/m1/s1. The van der Waals surface area contributed by atoms with E-state index < -0.39 is 0 Å². The van der Waals surface area contributed by atoms with E-state index in [9.17, 15) is 9.18 Å². The molecule has 5 heteroatoms. The highest BCUT2D eigenvalue weighted by Gasteiger charge is 2.25. The van der Waals surface area contributed by atoms with Gasteiger partial charge in [-0.25, -0.2) is 4.39 Å². The lowest BCUT2D eigenvalue weighted by Crippen LogP contribution is -2.32. The zero-order valence-electron chi connectivity index (χ0n) is 13.6. The first-order chi connectivity index (χ1) is 12.1. The van der Waals surface area contributed by atoms with Crippen LogP contribution in [-0.4, -0.2) is 22.8 Å². The van der Waals surface area contributed by atoms with Gasteiger partial charge in [-0.3, -0.25) is 9.78 Å². The van der Waals surface area contributed by atoms with Gasteiger partial charge in [0.05, 0.1) is 16.6 Å². The fourth-order valence-electron chi connectivity index (χ4n) is 2.78. The molecule has 0 unspecified atom stereocenters. The van der Waals surface area contributed by atoms with Gasteiger partial charge in [0, 0.05) is 19.4 Å². The lowest BCUT2D eigenvalue weighted by Gasteiger charge is -2.29. The third kappa shape index (κ3) is 3.69. The highest BCUT2D eigenvalue weighted by Crippen LogP contribution is 2.30. The molecule has 1 aromatic heterocycles. The summed E-state index contributed by atoms with van der Waals surface area (Å²) < 4.78 is 13.3. The van der Waals surface area contributed by atoms with Gasteiger partial charge in [0.1, 0.15) is 5.82 Å². The second kappa shape index (κ2) is 7.45.